The van der Waals surface area contributed by atoms with Crippen molar-refractivity contribution in [1.82, 2.24) is 10.3 Å². The Morgan fingerprint density at radius 2 is 2.00 bits per heavy atom. The quantitative estimate of drug-likeness (QED) is 0.833. The van der Waals surface area contributed by atoms with Crippen LogP contribution in [0, 0.1) is 5.92 Å². The van der Waals surface area contributed by atoms with Crippen LogP contribution in [0.25, 0.3) is 0 Å². The number of hydrogen-bond acceptors (Lipinski definition) is 2. The van der Waals surface area contributed by atoms with E-state index in [0.717, 1.165) is 18.8 Å². The molecule has 0 bridgehead atoms. The first-order valence-corrected chi connectivity index (χ1v) is 7.98. The smallest absolute Gasteiger partial charge is 0.271 e. The molecule has 1 heterocycles. The highest BCUT2D eigenvalue weighted by molar-refractivity contribution is 6.34. The topological polar surface area (TPSA) is 42.0 Å². The molecule has 0 radical (unpaired) electrons. The number of halogens is 2. The Morgan fingerprint density at radius 3 is 2.65 bits per heavy atom. The predicted molar refractivity (Wildman–Crippen MR) is 82.4 cm³/mol. The zero-order chi connectivity index (χ0) is 14.5. The lowest BCUT2D eigenvalue weighted by molar-refractivity contribution is 0.0916. The molecule has 3 nitrogen and oxygen atoms in total. The number of pyridine rings is 1. The summed E-state index contributed by atoms with van der Waals surface area (Å²) in [6, 6.07) is 3.41. The molecule has 1 N–H and O–H groups in total. The molecule has 0 saturated heterocycles. The molecule has 110 valence electrons. The van der Waals surface area contributed by atoms with Gasteiger partial charge in [0.15, 0.2) is 0 Å². The van der Waals surface area contributed by atoms with E-state index in [-0.39, 0.29) is 22.8 Å². The van der Waals surface area contributed by atoms with E-state index < -0.39 is 0 Å². The summed E-state index contributed by atoms with van der Waals surface area (Å²) >= 11 is 11.8. The van der Waals surface area contributed by atoms with Crippen LogP contribution in [0.4, 0.5) is 0 Å². The second-order valence-electron chi connectivity index (χ2n) is 5.44. The molecular formula is C15H20Cl2N2O. The Bertz CT molecular complexity index is 471. The van der Waals surface area contributed by atoms with Crippen LogP contribution in [0.3, 0.4) is 0 Å². The molecule has 1 saturated carbocycles. The summed E-state index contributed by atoms with van der Waals surface area (Å²) in [5.41, 5.74) is 0.217. The number of nitrogens with one attached hydrogen (secondary N) is 1. The highest BCUT2D eigenvalue weighted by Crippen LogP contribution is 2.28. The van der Waals surface area contributed by atoms with Crippen molar-refractivity contribution in [1.29, 1.82) is 0 Å². The maximum absolute atomic E-state index is 12.2. The van der Waals surface area contributed by atoms with Gasteiger partial charge >= 0.3 is 0 Å². The minimum absolute atomic E-state index is 0.217. The van der Waals surface area contributed by atoms with Gasteiger partial charge in [-0.15, -0.1) is 0 Å². The maximum atomic E-state index is 12.2. The van der Waals surface area contributed by atoms with Crippen LogP contribution in [0.2, 0.25) is 10.2 Å². The standard InChI is InChI=1S/C15H20Cl2N2O/c1-2-3-10-4-6-11(7-5-10)18-15(20)14-12(16)8-9-13(17)19-14/h8-11H,2-7H2,1H3,(H,18,20). The number of rotatable bonds is 4. The Labute approximate surface area is 130 Å². The van der Waals surface area contributed by atoms with Crippen LogP contribution < -0.4 is 5.32 Å². The molecule has 20 heavy (non-hydrogen) atoms. The number of carbonyl (C=O) groups is 1. The van der Waals surface area contributed by atoms with Crippen molar-refractivity contribution in [3.8, 4) is 0 Å². The lowest BCUT2D eigenvalue weighted by Crippen LogP contribution is -2.38. The van der Waals surface area contributed by atoms with E-state index in [1.165, 1.54) is 25.7 Å². The van der Waals surface area contributed by atoms with E-state index in [4.69, 9.17) is 23.2 Å². The Morgan fingerprint density at radius 1 is 1.30 bits per heavy atom. The summed E-state index contributed by atoms with van der Waals surface area (Å²) in [5.74, 6) is 0.595. The van der Waals surface area contributed by atoms with Crippen LogP contribution in [-0.4, -0.2) is 16.9 Å². The molecule has 0 unspecified atom stereocenters. The normalized spacial score (nSPS) is 22.6. The van der Waals surface area contributed by atoms with Gasteiger partial charge in [0, 0.05) is 6.04 Å². The van der Waals surface area contributed by atoms with Crippen LogP contribution in [0.15, 0.2) is 12.1 Å². The molecule has 1 aromatic heterocycles. The highest BCUT2D eigenvalue weighted by atomic mass is 35.5. The molecule has 2 rings (SSSR count). The first kappa shape index (κ1) is 15.6. The van der Waals surface area contributed by atoms with Gasteiger partial charge in [0.1, 0.15) is 10.8 Å². The van der Waals surface area contributed by atoms with Gasteiger partial charge in [0.25, 0.3) is 5.91 Å². The van der Waals surface area contributed by atoms with Gasteiger partial charge in [-0.05, 0) is 43.7 Å². The minimum Gasteiger partial charge on any atom is -0.348 e. The van der Waals surface area contributed by atoms with Crippen molar-refractivity contribution >= 4 is 29.1 Å². The summed E-state index contributed by atoms with van der Waals surface area (Å²) in [5, 5.41) is 3.64. The van der Waals surface area contributed by atoms with Crippen LogP contribution in [0.5, 0.6) is 0 Å². The van der Waals surface area contributed by atoms with Gasteiger partial charge in [-0.1, -0.05) is 43.0 Å². The fourth-order valence-electron chi connectivity index (χ4n) is 2.84. The number of carbonyl (C=O) groups excluding carboxylic acids is 1. The van der Waals surface area contributed by atoms with E-state index >= 15 is 0 Å². The minimum atomic E-state index is -0.226. The van der Waals surface area contributed by atoms with Crippen LogP contribution in [-0.2, 0) is 0 Å². The molecule has 0 aliphatic heterocycles. The first-order valence-electron chi connectivity index (χ1n) is 7.23. The predicted octanol–water partition coefficient (Wildman–Crippen LogP) is 4.48. The number of hydrogen-bond donors (Lipinski definition) is 1. The lowest BCUT2D eigenvalue weighted by atomic mass is 9.83. The molecule has 1 fully saturated rings. The van der Waals surface area contributed by atoms with Crippen molar-refractivity contribution in [3.05, 3.63) is 28.0 Å². The molecule has 0 atom stereocenters. The van der Waals surface area contributed by atoms with E-state index in [9.17, 15) is 4.79 Å². The SMILES string of the molecule is CCCC1CCC(NC(=O)c2nc(Cl)ccc2Cl)CC1. The van der Waals surface area contributed by atoms with Crippen LogP contribution in [0.1, 0.15) is 55.9 Å². The molecule has 0 spiro atoms. The molecule has 1 aliphatic rings. The molecule has 1 aliphatic carbocycles. The first-order chi connectivity index (χ1) is 9.60. The van der Waals surface area contributed by atoms with Crippen molar-refractivity contribution in [2.75, 3.05) is 0 Å². The third-order valence-electron chi connectivity index (χ3n) is 3.91. The van der Waals surface area contributed by atoms with Crippen LogP contribution >= 0.6 is 23.2 Å². The second-order valence-corrected chi connectivity index (χ2v) is 6.24. The molecule has 5 heteroatoms. The fourth-order valence-corrected chi connectivity index (χ4v) is 3.17. The summed E-state index contributed by atoms with van der Waals surface area (Å²) in [6.07, 6.45) is 6.99. The second kappa shape index (κ2) is 7.28. The molecular weight excluding hydrogens is 295 g/mol. The van der Waals surface area contributed by atoms with Gasteiger partial charge in [-0.25, -0.2) is 4.98 Å². The number of nitrogens with zero attached hydrogens (tertiary/aromatic N) is 1. The summed E-state index contributed by atoms with van der Waals surface area (Å²) in [4.78, 5) is 16.2. The molecule has 1 aromatic rings. The number of aromatic nitrogens is 1. The fraction of sp³-hybridized carbons (Fsp3) is 0.600. The highest BCUT2D eigenvalue weighted by Gasteiger charge is 2.23. The van der Waals surface area contributed by atoms with Gasteiger partial charge < -0.3 is 5.32 Å². The third-order valence-corrected chi connectivity index (χ3v) is 4.42. The van der Waals surface area contributed by atoms with Gasteiger partial charge in [-0.2, -0.15) is 0 Å². The zero-order valence-corrected chi connectivity index (χ0v) is 13.2. The monoisotopic (exact) mass is 314 g/mol. The average Bonchev–Trinajstić information content (AvgIpc) is 2.44. The molecule has 1 amide bonds. The van der Waals surface area contributed by atoms with Gasteiger partial charge in [0.05, 0.1) is 5.02 Å². The Hall–Kier alpha value is -0.800. The van der Waals surface area contributed by atoms with Crippen molar-refractivity contribution < 1.29 is 4.79 Å². The lowest BCUT2D eigenvalue weighted by Gasteiger charge is -2.28. The summed E-state index contributed by atoms with van der Waals surface area (Å²) < 4.78 is 0. The summed E-state index contributed by atoms with van der Waals surface area (Å²) in [7, 11) is 0. The van der Waals surface area contributed by atoms with E-state index in [2.05, 4.69) is 17.2 Å². The van der Waals surface area contributed by atoms with E-state index in [1.807, 2.05) is 0 Å². The van der Waals surface area contributed by atoms with E-state index in [1.54, 1.807) is 12.1 Å². The van der Waals surface area contributed by atoms with Crippen molar-refractivity contribution in [3.63, 3.8) is 0 Å². The third kappa shape index (κ3) is 4.10. The Kier molecular flexibility index (Phi) is 5.67. The van der Waals surface area contributed by atoms with Crippen molar-refractivity contribution in [2.45, 2.75) is 51.5 Å². The van der Waals surface area contributed by atoms with Gasteiger partial charge in [-0.3, -0.25) is 4.79 Å². The maximum Gasteiger partial charge on any atom is 0.271 e. The van der Waals surface area contributed by atoms with E-state index in [0.29, 0.717) is 5.02 Å². The largest absolute Gasteiger partial charge is 0.348 e. The zero-order valence-electron chi connectivity index (χ0n) is 11.7. The molecule has 0 aromatic carbocycles. The van der Waals surface area contributed by atoms with Crippen molar-refractivity contribution in [2.24, 2.45) is 5.92 Å². The number of amides is 1. The Balaban J connectivity index is 1.91. The average molecular weight is 315 g/mol. The summed E-state index contributed by atoms with van der Waals surface area (Å²) in [6.45, 7) is 2.22. The van der Waals surface area contributed by atoms with Gasteiger partial charge in [0.2, 0.25) is 0 Å².